The van der Waals surface area contributed by atoms with Gasteiger partial charge in [0.05, 0.1) is 23.5 Å². The highest BCUT2D eigenvalue weighted by Crippen LogP contribution is 2.46. The lowest BCUT2D eigenvalue weighted by Gasteiger charge is -2.43. The highest BCUT2D eigenvalue weighted by molar-refractivity contribution is 5.97. The number of carbonyl (C=O) groups excluding carboxylic acids is 1. The number of amides is 1. The van der Waals surface area contributed by atoms with E-state index in [4.69, 9.17) is 14.6 Å². The fourth-order valence-electron chi connectivity index (χ4n) is 4.53. The van der Waals surface area contributed by atoms with E-state index in [9.17, 15) is 4.79 Å². The monoisotopic (exact) mass is 359 g/mol. The van der Waals surface area contributed by atoms with Gasteiger partial charge in [0.15, 0.2) is 0 Å². The first-order valence-electron chi connectivity index (χ1n) is 8.96. The van der Waals surface area contributed by atoms with Crippen molar-refractivity contribution < 1.29 is 19.4 Å². The van der Waals surface area contributed by atoms with E-state index >= 15 is 0 Å². The predicted octanol–water partition coefficient (Wildman–Crippen LogP) is 2.69. The van der Waals surface area contributed by atoms with Gasteiger partial charge in [-0.05, 0) is 43.9 Å². The van der Waals surface area contributed by atoms with Crippen molar-refractivity contribution in [2.75, 3.05) is 20.2 Å². The second kappa shape index (κ2) is 7.86. The van der Waals surface area contributed by atoms with Gasteiger partial charge in [0.2, 0.25) is 0 Å². The number of fused-ring (bicyclic) bond motifs is 1. The molecular weight excluding hydrogens is 334 g/mol. The lowest BCUT2D eigenvalue weighted by molar-refractivity contribution is -0.122. The number of nitrogens with one attached hydrogen (secondary N) is 1. The first-order chi connectivity index (χ1) is 12.6. The van der Waals surface area contributed by atoms with Crippen LogP contribution < -0.4 is 0 Å². The fraction of sp³-hybridized carbons (Fsp3) is 0.526. The second-order valence-corrected chi connectivity index (χ2v) is 7.05. The molecule has 0 unspecified atom stereocenters. The normalized spacial score (nSPS) is 25.1. The van der Waals surface area contributed by atoms with Crippen LogP contribution in [0.15, 0.2) is 24.5 Å². The number of aromatic amines is 1. The standard InChI is InChI=1S/C18H23N3O2.CH2O2/c1-23-16-4-2-7-18(16)8-3-9-21(11-18)17(22)13-5-6-14-15(10-13)20-12-19-14;2-1-3/h5-6,10,12,16H,2-4,7-9,11H2,1H3,(H,19,20);1H,(H,2,3)/t16-,18+;/m1./s1. The number of imidazole rings is 1. The third kappa shape index (κ3) is 3.44. The molecule has 0 radical (unpaired) electrons. The molecule has 1 aromatic carbocycles. The van der Waals surface area contributed by atoms with Crippen molar-refractivity contribution in [1.82, 2.24) is 14.9 Å². The molecule has 1 spiro atoms. The van der Waals surface area contributed by atoms with Crippen LogP contribution in [0.3, 0.4) is 0 Å². The number of benzene rings is 1. The molecule has 1 aromatic heterocycles. The molecule has 2 heterocycles. The molecule has 7 heteroatoms. The lowest BCUT2D eigenvalue weighted by Crippen LogP contribution is -2.49. The maximum atomic E-state index is 13.0. The Morgan fingerprint density at radius 3 is 2.96 bits per heavy atom. The molecule has 26 heavy (non-hydrogen) atoms. The number of aromatic nitrogens is 2. The van der Waals surface area contributed by atoms with Crippen molar-refractivity contribution >= 4 is 23.4 Å². The Morgan fingerprint density at radius 1 is 1.42 bits per heavy atom. The van der Waals surface area contributed by atoms with E-state index in [1.54, 1.807) is 6.33 Å². The van der Waals surface area contributed by atoms with Gasteiger partial charge in [0.1, 0.15) is 0 Å². The summed E-state index contributed by atoms with van der Waals surface area (Å²) < 4.78 is 5.73. The van der Waals surface area contributed by atoms with Crippen LogP contribution in [0.5, 0.6) is 0 Å². The fourth-order valence-corrected chi connectivity index (χ4v) is 4.53. The highest BCUT2D eigenvalue weighted by Gasteiger charge is 2.46. The summed E-state index contributed by atoms with van der Waals surface area (Å²) in [5, 5.41) is 6.89. The first kappa shape index (κ1) is 18.4. The minimum Gasteiger partial charge on any atom is -0.483 e. The van der Waals surface area contributed by atoms with E-state index in [0.29, 0.717) is 6.10 Å². The number of nitrogens with zero attached hydrogens (tertiary/aromatic N) is 2. The molecule has 1 saturated carbocycles. The molecule has 1 saturated heterocycles. The molecule has 2 atom stereocenters. The number of H-pyrrole nitrogens is 1. The SMILES string of the molecule is CO[C@@H]1CCC[C@@]12CCCN(C(=O)c1ccc3nc[nH]c3c1)C2.O=CO. The highest BCUT2D eigenvalue weighted by atomic mass is 16.5. The molecule has 2 aromatic rings. The Labute approximate surface area is 152 Å². The summed E-state index contributed by atoms with van der Waals surface area (Å²) in [5.41, 5.74) is 2.72. The van der Waals surface area contributed by atoms with Crippen LogP contribution in [0.2, 0.25) is 0 Å². The van der Waals surface area contributed by atoms with Crippen molar-refractivity contribution in [2.24, 2.45) is 5.41 Å². The smallest absolute Gasteiger partial charge is 0.290 e. The van der Waals surface area contributed by atoms with E-state index in [0.717, 1.165) is 42.5 Å². The van der Waals surface area contributed by atoms with Crippen LogP contribution in [-0.2, 0) is 9.53 Å². The summed E-state index contributed by atoms with van der Waals surface area (Å²) in [6, 6.07) is 5.70. The molecular formula is C19H25N3O4. The maximum absolute atomic E-state index is 13.0. The maximum Gasteiger partial charge on any atom is 0.290 e. The van der Waals surface area contributed by atoms with Crippen LogP contribution >= 0.6 is 0 Å². The number of rotatable bonds is 2. The minimum absolute atomic E-state index is 0.127. The molecule has 2 fully saturated rings. The van der Waals surface area contributed by atoms with Crippen molar-refractivity contribution in [1.29, 1.82) is 0 Å². The quantitative estimate of drug-likeness (QED) is 0.804. The number of piperidine rings is 1. The molecule has 1 aliphatic heterocycles. The summed E-state index contributed by atoms with van der Waals surface area (Å²) >= 11 is 0. The number of hydrogen-bond donors (Lipinski definition) is 2. The van der Waals surface area contributed by atoms with E-state index in [1.807, 2.05) is 30.2 Å². The van der Waals surface area contributed by atoms with Crippen LogP contribution in [0.1, 0.15) is 42.5 Å². The first-order valence-corrected chi connectivity index (χ1v) is 8.96. The Kier molecular flexibility index (Phi) is 5.56. The Balaban J connectivity index is 0.000000613. The molecule has 2 aliphatic rings. The van der Waals surface area contributed by atoms with Crippen LogP contribution in [0.4, 0.5) is 0 Å². The molecule has 0 bridgehead atoms. The number of hydrogen-bond acceptors (Lipinski definition) is 4. The average molecular weight is 359 g/mol. The van der Waals surface area contributed by atoms with Gasteiger partial charge >= 0.3 is 0 Å². The van der Waals surface area contributed by atoms with Gasteiger partial charge in [-0.1, -0.05) is 6.42 Å². The van der Waals surface area contributed by atoms with Crippen molar-refractivity contribution in [2.45, 2.75) is 38.2 Å². The van der Waals surface area contributed by atoms with E-state index in [2.05, 4.69) is 9.97 Å². The zero-order valence-corrected chi connectivity index (χ0v) is 15.0. The van der Waals surface area contributed by atoms with Crippen LogP contribution in [0, 0.1) is 5.41 Å². The number of likely N-dealkylation sites (tertiary alicyclic amines) is 1. The molecule has 1 amide bonds. The van der Waals surface area contributed by atoms with Gasteiger partial charge < -0.3 is 19.7 Å². The second-order valence-electron chi connectivity index (χ2n) is 7.05. The predicted molar refractivity (Wildman–Crippen MR) is 97.0 cm³/mol. The van der Waals surface area contributed by atoms with Crippen LogP contribution in [0.25, 0.3) is 11.0 Å². The number of carboxylic acid groups (broad SMARTS) is 1. The third-order valence-electron chi connectivity index (χ3n) is 5.67. The van der Waals surface area contributed by atoms with E-state index in [1.165, 1.54) is 19.3 Å². The third-order valence-corrected chi connectivity index (χ3v) is 5.67. The minimum atomic E-state index is -0.250. The van der Waals surface area contributed by atoms with Gasteiger partial charge in [-0.15, -0.1) is 0 Å². The summed E-state index contributed by atoms with van der Waals surface area (Å²) in [7, 11) is 1.81. The number of ether oxygens (including phenoxy) is 1. The average Bonchev–Trinajstić information content (AvgIpc) is 3.27. The summed E-state index contributed by atoms with van der Waals surface area (Å²) in [4.78, 5) is 30.6. The van der Waals surface area contributed by atoms with Crippen LogP contribution in [-0.4, -0.2) is 58.7 Å². The van der Waals surface area contributed by atoms with Gasteiger partial charge in [0.25, 0.3) is 12.4 Å². The molecule has 4 rings (SSSR count). The van der Waals surface area contributed by atoms with E-state index < -0.39 is 0 Å². The largest absolute Gasteiger partial charge is 0.483 e. The van der Waals surface area contributed by atoms with Gasteiger partial charge in [-0.2, -0.15) is 0 Å². The topological polar surface area (TPSA) is 95.5 Å². The summed E-state index contributed by atoms with van der Waals surface area (Å²) in [6.45, 7) is 1.42. The zero-order chi connectivity index (χ0) is 18.6. The van der Waals surface area contributed by atoms with Crippen molar-refractivity contribution in [3.63, 3.8) is 0 Å². The Hall–Kier alpha value is -2.41. The lowest BCUT2D eigenvalue weighted by atomic mass is 9.76. The van der Waals surface area contributed by atoms with Crippen molar-refractivity contribution in [3.8, 4) is 0 Å². The molecule has 140 valence electrons. The Morgan fingerprint density at radius 2 is 2.19 bits per heavy atom. The summed E-state index contributed by atoms with van der Waals surface area (Å²) in [5.74, 6) is 0.127. The number of carbonyl (C=O) groups is 2. The zero-order valence-electron chi connectivity index (χ0n) is 15.0. The van der Waals surface area contributed by atoms with Crippen molar-refractivity contribution in [3.05, 3.63) is 30.1 Å². The molecule has 1 aliphatic carbocycles. The molecule has 7 nitrogen and oxygen atoms in total. The van der Waals surface area contributed by atoms with Gasteiger partial charge in [0, 0.05) is 31.2 Å². The summed E-state index contributed by atoms with van der Waals surface area (Å²) in [6.07, 6.45) is 7.71. The van der Waals surface area contributed by atoms with Gasteiger partial charge in [-0.25, -0.2) is 4.98 Å². The molecule has 2 N–H and O–H groups in total. The number of methoxy groups -OCH3 is 1. The van der Waals surface area contributed by atoms with E-state index in [-0.39, 0.29) is 17.8 Å². The van der Waals surface area contributed by atoms with Gasteiger partial charge in [-0.3, -0.25) is 9.59 Å². The Bertz CT molecular complexity index is 775.